The zero-order valence-electron chi connectivity index (χ0n) is 11.4. The number of rotatable bonds is 6. The Kier molecular flexibility index (Phi) is 4.87. The molecule has 0 radical (unpaired) electrons. The lowest BCUT2D eigenvalue weighted by atomic mass is 9.93. The van der Waals surface area contributed by atoms with Crippen LogP contribution in [-0.2, 0) is 16.4 Å². The van der Waals surface area contributed by atoms with Gasteiger partial charge in [0.2, 0.25) is 10.0 Å². The maximum atomic E-state index is 11.3. The van der Waals surface area contributed by atoms with Gasteiger partial charge >= 0.3 is 0 Å². The van der Waals surface area contributed by atoms with Gasteiger partial charge in [0.05, 0.1) is 6.26 Å². The van der Waals surface area contributed by atoms with Crippen molar-refractivity contribution in [2.24, 2.45) is 0 Å². The number of hydrogen-bond acceptors (Lipinski definition) is 3. The van der Waals surface area contributed by atoms with Gasteiger partial charge in [-0.2, -0.15) is 0 Å². The van der Waals surface area contributed by atoms with E-state index >= 15 is 0 Å². The molecule has 1 N–H and O–H groups in total. The fraction of sp³-hybridized carbons (Fsp3) is 0.267. The van der Waals surface area contributed by atoms with E-state index in [1.54, 1.807) is 6.20 Å². The third-order valence-corrected chi connectivity index (χ3v) is 3.76. The highest BCUT2D eigenvalue weighted by molar-refractivity contribution is 7.88. The molecule has 0 amide bonds. The lowest BCUT2D eigenvalue weighted by molar-refractivity contribution is 0.574. The highest BCUT2D eigenvalue weighted by Gasteiger charge is 2.14. The Hall–Kier alpha value is -1.72. The highest BCUT2D eigenvalue weighted by Crippen LogP contribution is 2.20. The molecule has 0 aliphatic carbocycles. The van der Waals surface area contributed by atoms with Gasteiger partial charge in [0.15, 0.2) is 0 Å². The quantitative estimate of drug-likeness (QED) is 0.884. The van der Waals surface area contributed by atoms with E-state index in [0.717, 1.165) is 17.5 Å². The van der Waals surface area contributed by atoms with Crippen molar-refractivity contribution in [2.45, 2.75) is 12.3 Å². The number of benzene rings is 1. The van der Waals surface area contributed by atoms with Crippen molar-refractivity contribution in [1.29, 1.82) is 0 Å². The third kappa shape index (κ3) is 4.75. The van der Waals surface area contributed by atoms with Gasteiger partial charge in [-0.1, -0.05) is 36.4 Å². The molecule has 0 saturated heterocycles. The molecule has 4 nitrogen and oxygen atoms in total. The van der Waals surface area contributed by atoms with Crippen LogP contribution >= 0.6 is 0 Å². The normalized spacial score (nSPS) is 13.1. The van der Waals surface area contributed by atoms with E-state index in [9.17, 15) is 8.42 Å². The van der Waals surface area contributed by atoms with E-state index in [0.29, 0.717) is 6.54 Å². The fourth-order valence-electron chi connectivity index (χ4n) is 2.09. The van der Waals surface area contributed by atoms with E-state index in [-0.39, 0.29) is 5.92 Å². The number of aromatic nitrogens is 1. The van der Waals surface area contributed by atoms with Gasteiger partial charge in [-0.25, -0.2) is 13.1 Å². The topological polar surface area (TPSA) is 59.1 Å². The predicted molar refractivity (Wildman–Crippen MR) is 80.0 cm³/mol. The van der Waals surface area contributed by atoms with Gasteiger partial charge in [0, 0.05) is 24.9 Å². The number of hydrogen-bond donors (Lipinski definition) is 1. The SMILES string of the molecule is CS(=O)(=O)NCC(Cc1cccnc1)c1ccccc1. The molecule has 1 aromatic heterocycles. The molecule has 0 aliphatic heterocycles. The molecule has 1 atom stereocenters. The van der Waals surface area contributed by atoms with Crippen LogP contribution in [0.25, 0.3) is 0 Å². The maximum Gasteiger partial charge on any atom is 0.208 e. The first-order chi connectivity index (χ1) is 9.54. The zero-order valence-corrected chi connectivity index (χ0v) is 12.2. The fourth-order valence-corrected chi connectivity index (χ4v) is 2.59. The summed E-state index contributed by atoms with van der Waals surface area (Å²) in [6.45, 7) is 0.387. The minimum atomic E-state index is -3.19. The second-order valence-corrected chi connectivity index (χ2v) is 6.63. The van der Waals surface area contributed by atoms with Crippen LogP contribution in [-0.4, -0.2) is 26.2 Å². The Labute approximate surface area is 119 Å². The molecule has 1 heterocycles. The molecular weight excluding hydrogens is 272 g/mol. The molecule has 0 saturated carbocycles. The van der Waals surface area contributed by atoms with Crippen LogP contribution in [0, 0.1) is 0 Å². The first-order valence-corrected chi connectivity index (χ1v) is 8.32. The summed E-state index contributed by atoms with van der Waals surface area (Å²) in [5.41, 5.74) is 2.21. The van der Waals surface area contributed by atoms with E-state index in [1.807, 2.05) is 48.7 Å². The summed E-state index contributed by atoms with van der Waals surface area (Å²) in [6.07, 6.45) is 5.48. The first kappa shape index (κ1) is 14.7. The first-order valence-electron chi connectivity index (χ1n) is 6.43. The summed E-state index contributed by atoms with van der Waals surface area (Å²) < 4.78 is 25.2. The average Bonchev–Trinajstić information content (AvgIpc) is 2.44. The molecule has 2 aromatic rings. The smallest absolute Gasteiger partial charge is 0.208 e. The number of nitrogens with one attached hydrogen (secondary N) is 1. The summed E-state index contributed by atoms with van der Waals surface area (Å²) in [6, 6.07) is 13.8. The molecule has 20 heavy (non-hydrogen) atoms. The monoisotopic (exact) mass is 290 g/mol. The number of sulfonamides is 1. The van der Waals surface area contributed by atoms with Gasteiger partial charge in [-0.3, -0.25) is 4.98 Å². The summed E-state index contributed by atoms with van der Waals surface area (Å²) in [5, 5.41) is 0. The van der Waals surface area contributed by atoms with Crippen LogP contribution in [0.2, 0.25) is 0 Å². The second kappa shape index (κ2) is 6.63. The van der Waals surface area contributed by atoms with Crippen LogP contribution in [0.1, 0.15) is 17.0 Å². The van der Waals surface area contributed by atoms with Gasteiger partial charge in [-0.15, -0.1) is 0 Å². The molecular formula is C15H18N2O2S. The standard InChI is InChI=1S/C15H18N2O2S/c1-20(18,19)17-12-15(14-7-3-2-4-8-14)10-13-6-5-9-16-11-13/h2-9,11,15,17H,10,12H2,1H3. The van der Waals surface area contributed by atoms with Crippen molar-refractivity contribution in [3.05, 3.63) is 66.0 Å². The van der Waals surface area contributed by atoms with Crippen LogP contribution in [0.4, 0.5) is 0 Å². The van der Waals surface area contributed by atoms with E-state index in [2.05, 4.69) is 9.71 Å². The average molecular weight is 290 g/mol. The number of pyridine rings is 1. The number of nitrogens with zero attached hydrogens (tertiary/aromatic N) is 1. The Balaban J connectivity index is 2.16. The highest BCUT2D eigenvalue weighted by atomic mass is 32.2. The van der Waals surface area contributed by atoms with Crippen LogP contribution < -0.4 is 4.72 Å². The van der Waals surface area contributed by atoms with E-state index in [4.69, 9.17) is 0 Å². The lowest BCUT2D eigenvalue weighted by Gasteiger charge is -2.17. The molecule has 106 valence electrons. The molecule has 1 aromatic carbocycles. The van der Waals surface area contributed by atoms with Gasteiger partial charge < -0.3 is 0 Å². The molecule has 2 rings (SSSR count). The molecule has 0 bridgehead atoms. The van der Waals surface area contributed by atoms with Crippen molar-refractivity contribution in [2.75, 3.05) is 12.8 Å². The Bertz CT molecular complexity index is 627. The van der Waals surface area contributed by atoms with Crippen LogP contribution in [0.15, 0.2) is 54.9 Å². The molecule has 1 unspecified atom stereocenters. The maximum absolute atomic E-state index is 11.3. The molecule has 5 heteroatoms. The van der Waals surface area contributed by atoms with Crippen molar-refractivity contribution in [3.8, 4) is 0 Å². The van der Waals surface area contributed by atoms with Crippen LogP contribution in [0.3, 0.4) is 0 Å². The molecule has 0 aliphatic rings. The Morgan fingerprint density at radius 3 is 2.50 bits per heavy atom. The van der Waals surface area contributed by atoms with Gasteiger partial charge in [0.25, 0.3) is 0 Å². The summed E-state index contributed by atoms with van der Waals surface area (Å²) in [4.78, 5) is 4.10. The van der Waals surface area contributed by atoms with E-state index < -0.39 is 10.0 Å². The Morgan fingerprint density at radius 2 is 1.90 bits per heavy atom. The lowest BCUT2D eigenvalue weighted by Crippen LogP contribution is -2.28. The zero-order chi connectivity index (χ0) is 14.4. The third-order valence-electron chi connectivity index (χ3n) is 3.07. The van der Waals surface area contributed by atoms with Crippen molar-refractivity contribution >= 4 is 10.0 Å². The van der Waals surface area contributed by atoms with Gasteiger partial charge in [-0.05, 0) is 23.6 Å². The van der Waals surface area contributed by atoms with Crippen LogP contribution in [0.5, 0.6) is 0 Å². The van der Waals surface area contributed by atoms with Crippen molar-refractivity contribution in [1.82, 2.24) is 9.71 Å². The minimum absolute atomic E-state index is 0.0927. The van der Waals surface area contributed by atoms with E-state index in [1.165, 1.54) is 6.26 Å². The summed E-state index contributed by atoms with van der Waals surface area (Å²) in [5.74, 6) is 0.0927. The van der Waals surface area contributed by atoms with Crippen molar-refractivity contribution in [3.63, 3.8) is 0 Å². The minimum Gasteiger partial charge on any atom is -0.264 e. The summed E-state index contributed by atoms with van der Waals surface area (Å²) >= 11 is 0. The predicted octanol–water partition coefficient (Wildman–Crippen LogP) is 1.96. The summed E-state index contributed by atoms with van der Waals surface area (Å²) in [7, 11) is -3.19. The molecule has 0 fully saturated rings. The molecule has 0 spiro atoms. The van der Waals surface area contributed by atoms with Gasteiger partial charge in [0.1, 0.15) is 0 Å². The van der Waals surface area contributed by atoms with Crippen molar-refractivity contribution < 1.29 is 8.42 Å². The largest absolute Gasteiger partial charge is 0.264 e. The second-order valence-electron chi connectivity index (χ2n) is 4.79. The Morgan fingerprint density at radius 1 is 1.15 bits per heavy atom.